The van der Waals surface area contributed by atoms with Gasteiger partial charge in [-0.1, -0.05) is 51.5 Å². The molecule has 48 heavy (non-hydrogen) atoms. The predicted molar refractivity (Wildman–Crippen MR) is 181 cm³/mol. The molecule has 4 aromatic rings. The molecule has 0 spiro atoms. The Morgan fingerprint density at radius 1 is 0.771 bits per heavy atom. The normalized spacial score (nSPS) is 14.0. The van der Waals surface area contributed by atoms with E-state index in [0.29, 0.717) is 28.8 Å². The number of amides is 2. The van der Waals surface area contributed by atoms with Crippen LogP contribution in [-0.4, -0.2) is 33.9 Å². The fourth-order valence-electron chi connectivity index (χ4n) is 4.61. The van der Waals surface area contributed by atoms with Crippen molar-refractivity contribution < 1.29 is 27.8 Å². The van der Waals surface area contributed by atoms with Gasteiger partial charge in [0.2, 0.25) is 11.8 Å². The van der Waals surface area contributed by atoms with Crippen molar-refractivity contribution >= 4 is 11.8 Å². The second kappa shape index (κ2) is 16.8. The van der Waals surface area contributed by atoms with E-state index in [4.69, 9.17) is 9.47 Å². The van der Waals surface area contributed by atoms with Crippen LogP contribution in [0.1, 0.15) is 85.7 Å². The van der Waals surface area contributed by atoms with E-state index in [0.717, 1.165) is 11.1 Å². The number of hydrogen-bond donors (Lipinski definition) is 2. The third-order valence-corrected chi connectivity index (χ3v) is 8.41. The van der Waals surface area contributed by atoms with Gasteiger partial charge in [0, 0.05) is 36.6 Å². The zero-order chi connectivity index (χ0) is 34.7. The summed E-state index contributed by atoms with van der Waals surface area (Å²) in [6, 6.07) is 19.3. The number of carbonyl (C=O) groups is 2. The first-order valence-corrected chi connectivity index (χ1v) is 16.2. The maximum absolute atomic E-state index is 13.1. The number of nitrogens with zero attached hydrogens (tertiary/aromatic N) is 2. The molecule has 254 valence electrons. The summed E-state index contributed by atoms with van der Waals surface area (Å²) in [5, 5.41) is 5.98. The van der Waals surface area contributed by atoms with Gasteiger partial charge in [0.05, 0.1) is 11.1 Å². The van der Waals surface area contributed by atoms with Gasteiger partial charge in [0.25, 0.3) is 11.8 Å². The SMILES string of the molecule is CC(NC(=O)c1ccc(OCc2cccc(F)c2)nc1)C(C)(C)C.CC(NC(=O)c1ccc(OCc2cccc(F)c2)nc1)C1CCC1. The zero-order valence-corrected chi connectivity index (χ0v) is 28.1. The molecule has 1 saturated carbocycles. The molecule has 2 amide bonds. The molecule has 0 bridgehead atoms. The van der Waals surface area contributed by atoms with Crippen LogP contribution in [-0.2, 0) is 13.2 Å². The number of rotatable bonds is 11. The minimum atomic E-state index is -0.302. The van der Waals surface area contributed by atoms with Crippen molar-refractivity contribution in [2.75, 3.05) is 0 Å². The minimum absolute atomic E-state index is 0.0168. The smallest absolute Gasteiger partial charge is 0.253 e. The Morgan fingerprint density at radius 3 is 1.62 bits per heavy atom. The Bertz CT molecular complexity index is 1640. The summed E-state index contributed by atoms with van der Waals surface area (Å²) in [4.78, 5) is 32.7. The summed E-state index contributed by atoms with van der Waals surface area (Å²) >= 11 is 0. The number of halogens is 2. The van der Waals surface area contributed by atoms with Crippen molar-refractivity contribution in [1.82, 2.24) is 20.6 Å². The molecule has 10 heteroatoms. The molecule has 2 aromatic heterocycles. The number of nitrogens with one attached hydrogen (secondary N) is 2. The van der Waals surface area contributed by atoms with Crippen molar-refractivity contribution in [2.45, 2.75) is 79.2 Å². The van der Waals surface area contributed by atoms with E-state index in [2.05, 4.69) is 41.4 Å². The lowest BCUT2D eigenvalue weighted by Crippen LogP contribution is -2.41. The predicted octanol–water partition coefficient (Wildman–Crippen LogP) is 7.68. The van der Waals surface area contributed by atoms with Gasteiger partial charge in [0.1, 0.15) is 24.8 Å². The number of benzene rings is 2. The lowest BCUT2D eigenvalue weighted by molar-refractivity contribution is 0.0901. The highest BCUT2D eigenvalue weighted by Gasteiger charge is 2.25. The van der Waals surface area contributed by atoms with Gasteiger partial charge in [0.15, 0.2) is 0 Å². The van der Waals surface area contributed by atoms with Gasteiger partial charge in [-0.05, 0) is 85.5 Å². The maximum atomic E-state index is 13.1. The first-order chi connectivity index (χ1) is 22.9. The first kappa shape index (κ1) is 36.0. The number of carbonyl (C=O) groups excluding carboxylic acids is 2. The van der Waals surface area contributed by atoms with Crippen LogP contribution in [0.5, 0.6) is 11.8 Å². The molecule has 0 radical (unpaired) electrons. The second-order valence-corrected chi connectivity index (χ2v) is 13.1. The van der Waals surface area contributed by atoms with Crippen LogP contribution in [0, 0.1) is 23.0 Å². The molecule has 0 aliphatic heterocycles. The van der Waals surface area contributed by atoms with E-state index in [-0.39, 0.29) is 54.2 Å². The molecular weight excluding hydrogens is 614 g/mol. The molecule has 2 unspecified atom stereocenters. The molecule has 2 heterocycles. The van der Waals surface area contributed by atoms with Crippen LogP contribution in [0.4, 0.5) is 8.78 Å². The summed E-state index contributed by atoms with van der Waals surface area (Å²) in [6.07, 6.45) is 6.61. The molecule has 0 saturated heterocycles. The van der Waals surface area contributed by atoms with E-state index >= 15 is 0 Å². The number of hydrogen-bond acceptors (Lipinski definition) is 6. The highest BCUT2D eigenvalue weighted by molar-refractivity contribution is 5.94. The van der Waals surface area contributed by atoms with Crippen molar-refractivity contribution in [1.29, 1.82) is 0 Å². The molecular formula is C38H44F2N4O4. The minimum Gasteiger partial charge on any atom is -0.473 e. The Kier molecular flexibility index (Phi) is 12.6. The third-order valence-electron chi connectivity index (χ3n) is 8.41. The monoisotopic (exact) mass is 658 g/mol. The molecule has 1 aliphatic carbocycles. The number of pyridine rings is 2. The quantitative estimate of drug-likeness (QED) is 0.171. The molecule has 8 nitrogen and oxygen atoms in total. The fourth-order valence-corrected chi connectivity index (χ4v) is 4.61. The average molecular weight is 659 g/mol. The summed E-state index contributed by atoms with van der Waals surface area (Å²) in [7, 11) is 0. The molecule has 1 fully saturated rings. The number of aromatic nitrogens is 2. The standard InChI is InChI=1S/C19H21FN2O2.C19H23FN2O2/c1-13(15-5-3-6-15)22-19(23)16-8-9-18(21-11-16)24-12-14-4-2-7-17(20)10-14;1-13(19(2,3)4)22-18(23)15-8-9-17(21-11-15)24-12-14-6-5-7-16(20)10-14/h2,4,7-11,13,15H,3,5-6,12H2,1H3,(H,22,23);5-11,13H,12H2,1-4H3,(H,22,23). The van der Waals surface area contributed by atoms with Crippen LogP contribution in [0.2, 0.25) is 0 Å². The topological polar surface area (TPSA) is 102 Å². The zero-order valence-electron chi connectivity index (χ0n) is 28.1. The number of ether oxygens (including phenoxy) is 2. The van der Waals surface area contributed by atoms with Crippen LogP contribution < -0.4 is 20.1 Å². The largest absolute Gasteiger partial charge is 0.473 e. The van der Waals surface area contributed by atoms with Crippen molar-refractivity contribution in [2.24, 2.45) is 11.3 Å². The third kappa shape index (κ3) is 11.1. The average Bonchev–Trinajstić information content (AvgIpc) is 3.02. The van der Waals surface area contributed by atoms with E-state index < -0.39 is 0 Å². The lowest BCUT2D eigenvalue weighted by atomic mass is 9.80. The Labute approximate surface area is 281 Å². The van der Waals surface area contributed by atoms with Gasteiger partial charge in [-0.15, -0.1) is 0 Å². The van der Waals surface area contributed by atoms with Crippen LogP contribution in [0.15, 0.2) is 85.2 Å². The molecule has 2 N–H and O–H groups in total. The van der Waals surface area contributed by atoms with Gasteiger partial charge in [-0.3, -0.25) is 9.59 Å². The molecule has 2 atom stereocenters. The van der Waals surface area contributed by atoms with Gasteiger partial charge in [-0.2, -0.15) is 0 Å². The Hall–Kier alpha value is -4.86. The van der Waals surface area contributed by atoms with E-state index in [9.17, 15) is 18.4 Å². The van der Waals surface area contributed by atoms with E-state index in [1.165, 1.54) is 55.9 Å². The molecule has 1 aliphatic rings. The summed E-state index contributed by atoms with van der Waals surface area (Å²) in [5.74, 6) is 0.513. The fraction of sp³-hybridized carbons (Fsp3) is 0.368. The van der Waals surface area contributed by atoms with Crippen LogP contribution in [0.25, 0.3) is 0 Å². The molecule has 2 aromatic carbocycles. The summed E-state index contributed by atoms with van der Waals surface area (Å²) < 4.78 is 37.2. The first-order valence-electron chi connectivity index (χ1n) is 16.2. The Balaban J connectivity index is 0.000000217. The summed E-state index contributed by atoms with van der Waals surface area (Å²) in [6.45, 7) is 10.7. The Morgan fingerprint density at radius 2 is 1.25 bits per heavy atom. The lowest BCUT2D eigenvalue weighted by Gasteiger charge is -2.31. The highest BCUT2D eigenvalue weighted by atomic mass is 19.1. The van der Waals surface area contributed by atoms with Gasteiger partial charge >= 0.3 is 0 Å². The van der Waals surface area contributed by atoms with Gasteiger partial charge < -0.3 is 20.1 Å². The summed E-state index contributed by atoms with van der Waals surface area (Å²) in [5.41, 5.74) is 2.42. The van der Waals surface area contributed by atoms with Gasteiger partial charge in [-0.25, -0.2) is 18.7 Å². The van der Waals surface area contributed by atoms with Crippen LogP contribution in [0.3, 0.4) is 0 Å². The van der Waals surface area contributed by atoms with Crippen molar-refractivity contribution in [3.63, 3.8) is 0 Å². The van der Waals surface area contributed by atoms with E-state index in [1.54, 1.807) is 48.5 Å². The highest BCUT2D eigenvalue weighted by Crippen LogP contribution is 2.29. The molecule has 5 rings (SSSR count). The van der Waals surface area contributed by atoms with E-state index in [1.807, 2.05) is 13.8 Å². The second-order valence-electron chi connectivity index (χ2n) is 13.1. The maximum Gasteiger partial charge on any atom is 0.253 e. The van der Waals surface area contributed by atoms with Crippen molar-refractivity contribution in [3.05, 3.63) is 119 Å². The van der Waals surface area contributed by atoms with Crippen LogP contribution >= 0.6 is 0 Å². The van der Waals surface area contributed by atoms with Crippen molar-refractivity contribution in [3.8, 4) is 11.8 Å².